The molecule has 0 bridgehead atoms. The van der Waals surface area contributed by atoms with Crippen molar-refractivity contribution < 1.29 is 14.3 Å². The van der Waals surface area contributed by atoms with Crippen molar-refractivity contribution in [2.45, 2.75) is 32.6 Å². The predicted molar refractivity (Wildman–Crippen MR) is 83.9 cm³/mol. The highest BCUT2D eigenvalue weighted by Gasteiger charge is 2.12. The van der Waals surface area contributed by atoms with Crippen molar-refractivity contribution in [1.82, 2.24) is 10.2 Å². The Morgan fingerprint density at radius 2 is 1.91 bits per heavy atom. The minimum Gasteiger partial charge on any atom is -0.427 e. The van der Waals surface area contributed by atoms with Gasteiger partial charge in [0.2, 0.25) is 11.0 Å². The summed E-state index contributed by atoms with van der Waals surface area (Å²) in [6.45, 7) is 4.01. The first-order valence-electron chi connectivity index (χ1n) is 6.93. The molecule has 0 unspecified atom stereocenters. The number of carbonyl (C=O) groups is 2. The highest BCUT2D eigenvalue weighted by atomic mass is 32.1. The van der Waals surface area contributed by atoms with Crippen LogP contribution in [0, 0.1) is 0 Å². The fraction of sp³-hybridized carbons (Fsp3) is 0.333. The molecule has 1 heterocycles. The van der Waals surface area contributed by atoms with Gasteiger partial charge in [-0.3, -0.25) is 9.59 Å². The maximum Gasteiger partial charge on any atom is 0.311 e. The largest absolute Gasteiger partial charge is 0.427 e. The van der Waals surface area contributed by atoms with Gasteiger partial charge in [-0.2, -0.15) is 0 Å². The number of amides is 1. The summed E-state index contributed by atoms with van der Waals surface area (Å²) in [6, 6.07) is 8.76. The van der Waals surface area contributed by atoms with Gasteiger partial charge in [-0.25, -0.2) is 0 Å². The molecule has 0 radical (unpaired) electrons. The average molecular weight is 319 g/mol. The van der Waals surface area contributed by atoms with Gasteiger partial charge < -0.3 is 10.1 Å². The number of rotatable bonds is 6. The molecular formula is C15H17N3O3S. The van der Waals surface area contributed by atoms with Gasteiger partial charge in [0.05, 0.1) is 6.42 Å². The van der Waals surface area contributed by atoms with Gasteiger partial charge in [-0.15, -0.1) is 10.2 Å². The van der Waals surface area contributed by atoms with Crippen LogP contribution in [0.1, 0.15) is 37.6 Å². The second kappa shape index (κ2) is 7.65. The zero-order chi connectivity index (χ0) is 15.9. The number of para-hydroxylation sites is 1. The van der Waals surface area contributed by atoms with Crippen LogP contribution in [-0.2, 0) is 9.59 Å². The van der Waals surface area contributed by atoms with Crippen molar-refractivity contribution in [2.24, 2.45) is 0 Å². The fourth-order valence-electron chi connectivity index (χ4n) is 1.59. The van der Waals surface area contributed by atoms with Crippen molar-refractivity contribution >= 4 is 28.3 Å². The van der Waals surface area contributed by atoms with Crippen LogP contribution in [-0.4, -0.2) is 22.1 Å². The first-order valence-corrected chi connectivity index (χ1v) is 7.75. The van der Waals surface area contributed by atoms with Crippen LogP contribution in [0.5, 0.6) is 5.75 Å². The van der Waals surface area contributed by atoms with Gasteiger partial charge in [0.25, 0.3) is 0 Å². The van der Waals surface area contributed by atoms with Gasteiger partial charge in [0.1, 0.15) is 10.8 Å². The quantitative estimate of drug-likeness (QED) is 0.654. The first kappa shape index (κ1) is 16.1. The highest BCUT2D eigenvalue weighted by molar-refractivity contribution is 7.15. The van der Waals surface area contributed by atoms with Crippen LogP contribution < -0.4 is 10.1 Å². The maximum absolute atomic E-state index is 11.8. The number of carbonyl (C=O) groups excluding carboxylic acids is 2. The van der Waals surface area contributed by atoms with E-state index >= 15 is 0 Å². The van der Waals surface area contributed by atoms with Crippen molar-refractivity contribution in [3.8, 4) is 5.75 Å². The lowest BCUT2D eigenvalue weighted by Crippen LogP contribution is -2.15. The minimum absolute atomic E-state index is 0.0105. The third-order valence-corrected chi connectivity index (χ3v) is 3.85. The van der Waals surface area contributed by atoms with E-state index in [2.05, 4.69) is 15.5 Å². The van der Waals surface area contributed by atoms with Crippen LogP contribution in [0.25, 0.3) is 0 Å². The Balaban J connectivity index is 1.76. The van der Waals surface area contributed by atoms with Crippen molar-refractivity contribution in [3.05, 3.63) is 35.3 Å². The van der Waals surface area contributed by atoms with Crippen LogP contribution in [0.3, 0.4) is 0 Å². The molecule has 0 aliphatic rings. The van der Waals surface area contributed by atoms with E-state index in [0.717, 1.165) is 5.01 Å². The first-order chi connectivity index (χ1) is 10.5. The third kappa shape index (κ3) is 4.92. The number of hydrogen-bond donors (Lipinski definition) is 1. The Labute approximate surface area is 132 Å². The molecule has 1 aromatic carbocycles. The smallest absolute Gasteiger partial charge is 0.311 e. The highest BCUT2D eigenvalue weighted by Crippen LogP contribution is 2.22. The number of anilines is 1. The van der Waals surface area contributed by atoms with Crippen LogP contribution >= 0.6 is 11.3 Å². The topological polar surface area (TPSA) is 81.2 Å². The summed E-state index contributed by atoms with van der Waals surface area (Å²) in [7, 11) is 0. The van der Waals surface area contributed by atoms with Crippen LogP contribution in [0.2, 0.25) is 0 Å². The fourth-order valence-corrected chi connectivity index (χ4v) is 2.35. The molecule has 1 aromatic heterocycles. The molecule has 1 N–H and O–H groups in total. The lowest BCUT2D eigenvalue weighted by Gasteiger charge is -2.03. The van der Waals surface area contributed by atoms with Crippen LogP contribution in [0.4, 0.5) is 5.13 Å². The predicted octanol–water partition coefficient (Wildman–Crippen LogP) is 2.99. The molecule has 0 saturated carbocycles. The Bertz CT molecular complexity index is 640. The van der Waals surface area contributed by atoms with E-state index in [1.807, 2.05) is 19.9 Å². The normalized spacial score (nSPS) is 10.5. The molecule has 0 saturated heterocycles. The van der Waals surface area contributed by atoms with Gasteiger partial charge in [-0.05, 0) is 12.1 Å². The Hall–Kier alpha value is -2.28. The number of nitrogens with one attached hydrogen (secondary N) is 1. The van der Waals surface area contributed by atoms with E-state index in [1.165, 1.54) is 11.3 Å². The molecule has 0 aliphatic heterocycles. The van der Waals surface area contributed by atoms with E-state index in [-0.39, 0.29) is 24.7 Å². The van der Waals surface area contributed by atoms with Gasteiger partial charge >= 0.3 is 5.97 Å². The number of benzene rings is 1. The summed E-state index contributed by atoms with van der Waals surface area (Å²) in [5.74, 6) is 0.0144. The molecule has 6 nitrogen and oxygen atoms in total. The molecule has 7 heteroatoms. The van der Waals surface area contributed by atoms with Crippen molar-refractivity contribution in [1.29, 1.82) is 0 Å². The second-order valence-electron chi connectivity index (χ2n) is 4.94. The summed E-state index contributed by atoms with van der Waals surface area (Å²) in [5, 5.41) is 11.8. The Morgan fingerprint density at radius 3 is 2.55 bits per heavy atom. The summed E-state index contributed by atoms with van der Waals surface area (Å²) in [6.07, 6.45) is 0.0544. The average Bonchev–Trinajstić information content (AvgIpc) is 2.95. The standard InChI is InChI=1S/C15H17N3O3S/c1-10(2)14-17-18-15(22-14)16-12(19)8-9-13(20)21-11-6-4-3-5-7-11/h3-7,10H,8-9H2,1-2H3,(H,16,18,19). The SMILES string of the molecule is CC(C)c1nnc(NC(=O)CCC(=O)Oc2ccccc2)s1. The van der Waals surface area contributed by atoms with E-state index in [0.29, 0.717) is 10.9 Å². The zero-order valence-electron chi connectivity index (χ0n) is 12.4. The molecular weight excluding hydrogens is 302 g/mol. The number of esters is 1. The van der Waals surface area contributed by atoms with Crippen molar-refractivity contribution in [3.63, 3.8) is 0 Å². The Kier molecular flexibility index (Phi) is 5.60. The second-order valence-corrected chi connectivity index (χ2v) is 5.94. The van der Waals surface area contributed by atoms with E-state index in [9.17, 15) is 9.59 Å². The lowest BCUT2D eigenvalue weighted by molar-refractivity contribution is -0.135. The van der Waals surface area contributed by atoms with Crippen LogP contribution in [0.15, 0.2) is 30.3 Å². The third-order valence-electron chi connectivity index (χ3n) is 2.71. The van der Waals surface area contributed by atoms with Crippen molar-refractivity contribution in [2.75, 3.05) is 5.32 Å². The van der Waals surface area contributed by atoms with Gasteiger partial charge in [-0.1, -0.05) is 43.4 Å². The van der Waals surface area contributed by atoms with Gasteiger partial charge in [0.15, 0.2) is 0 Å². The summed E-state index contributed by atoms with van der Waals surface area (Å²) >= 11 is 1.34. The molecule has 0 spiro atoms. The van der Waals surface area contributed by atoms with E-state index < -0.39 is 5.97 Å². The summed E-state index contributed by atoms with van der Waals surface area (Å²) < 4.78 is 5.11. The maximum atomic E-state index is 11.8. The van der Waals surface area contributed by atoms with Gasteiger partial charge in [0, 0.05) is 12.3 Å². The Morgan fingerprint density at radius 1 is 1.18 bits per heavy atom. The molecule has 1 amide bonds. The zero-order valence-corrected chi connectivity index (χ0v) is 13.2. The number of nitrogens with zero attached hydrogens (tertiary/aromatic N) is 2. The van der Waals surface area contributed by atoms with E-state index in [4.69, 9.17) is 4.74 Å². The lowest BCUT2D eigenvalue weighted by atomic mass is 10.2. The van der Waals surface area contributed by atoms with E-state index in [1.54, 1.807) is 24.3 Å². The molecule has 0 atom stereocenters. The molecule has 0 fully saturated rings. The molecule has 2 aromatic rings. The molecule has 2 rings (SSSR count). The minimum atomic E-state index is -0.443. The number of aromatic nitrogens is 2. The molecule has 0 aliphatic carbocycles. The monoisotopic (exact) mass is 319 g/mol. The molecule has 116 valence electrons. The number of ether oxygens (including phenoxy) is 1. The summed E-state index contributed by atoms with van der Waals surface area (Å²) in [5.41, 5.74) is 0. The number of hydrogen-bond acceptors (Lipinski definition) is 6. The summed E-state index contributed by atoms with van der Waals surface area (Å²) in [4.78, 5) is 23.4. The molecule has 22 heavy (non-hydrogen) atoms.